The number of aliphatic hydroxyl groups excluding tert-OH is 1. The molecule has 0 unspecified atom stereocenters. The van der Waals surface area contributed by atoms with Crippen molar-refractivity contribution >= 4 is 28.0 Å². The molecule has 0 fully saturated rings. The van der Waals surface area contributed by atoms with Crippen molar-refractivity contribution in [2.75, 3.05) is 26.8 Å². The summed E-state index contributed by atoms with van der Waals surface area (Å²) < 4.78 is 44.2. The number of carbonyl (C=O) groups excluding carboxylic acids is 1. The fourth-order valence-electron chi connectivity index (χ4n) is 4.52. The third-order valence-electron chi connectivity index (χ3n) is 7.01. The SMILES string of the molecule is COc1ccc(S(=O)(=O)N(C[C@@H](O)[C@H](Cc2ccccc2)NC(=O)O)CC(C)(C)CCOC(=O)Oc2ccc([N+](=O)[O-])cc2)cc1. The molecule has 3 rings (SSSR count). The average molecular weight is 660 g/mol. The Morgan fingerprint density at radius 3 is 2.17 bits per heavy atom. The van der Waals surface area contributed by atoms with Crippen LogP contribution in [0.1, 0.15) is 25.8 Å². The number of nitro benzene ring substituents is 1. The van der Waals surface area contributed by atoms with Crippen LogP contribution in [-0.2, 0) is 21.2 Å². The van der Waals surface area contributed by atoms with Crippen LogP contribution in [0.2, 0.25) is 0 Å². The van der Waals surface area contributed by atoms with E-state index in [1.165, 1.54) is 55.6 Å². The molecule has 46 heavy (non-hydrogen) atoms. The predicted molar refractivity (Wildman–Crippen MR) is 166 cm³/mol. The van der Waals surface area contributed by atoms with Gasteiger partial charge in [-0.3, -0.25) is 10.1 Å². The van der Waals surface area contributed by atoms with Crippen LogP contribution in [0, 0.1) is 15.5 Å². The lowest BCUT2D eigenvalue weighted by atomic mass is 9.89. The van der Waals surface area contributed by atoms with Crippen molar-refractivity contribution in [2.24, 2.45) is 5.41 Å². The summed E-state index contributed by atoms with van der Waals surface area (Å²) in [4.78, 5) is 34.0. The molecule has 0 aliphatic carbocycles. The van der Waals surface area contributed by atoms with Crippen LogP contribution < -0.4 is 14.8 Å². The molecule has 0 aliphatic heterocycles. The molecule has 0 spiro atoms. The van der Waals surface area contributed by atoms with Crippen molar-refractivity contribution in [3.8, 4) is 11.5 Å². The van der Waals surface area contributed by atoms with Gasteiger partial charge < -0.3 is 29.7 Å². The first-order valence-electron chi connectivity index (χ1n) is 14.1. The smallest absolute Gasteiger partial charge is 0.497 e. The molecule has 0 bridgehead atoms. The number of carbonyl (C=O) groups is 2. The molecule has 0 saturated carbocycles. The second-order valence-corrected chi connectivity index (χ2v) is 13.1. The fraction of sp³-hybridized carbons (Fsp3) is 0.355. The Hall–Kier alpha value is -4.73. The van der Waals surface area contributed by atoms with Crippen molar-refractivity contribution in [3.05, 3.63) is 94.5 Å². The molecule has 3 N–H and O–H groups in total. The Kier molecular flexibility index (Phi) is 12.4. The molecule has 248 valence electrons. The number of nitrogens with zero attached hydrogens (tertiary/aromatic N) is 2. The lowest BCUT2D eigenvalue weighted by Crippen LogP contribution is -2.51. The number of hydrogen-bond acceptors (Lipinski definition) is 10. The highest BCUT2D eigenvalue weighted by molar-refractivity contribution is 7.89. The molecular weight excluding hydrogens is 622 g/mol. The normalized spacial score (nSPS) is 13.0. The first-order valence-corrected chi connectivity index (χ1v) is 15.6. The molecule has 0 aromatic heterocycles. The summed E-state index contributed by atoms with van der Waals surface area (Å²) >= 11 is 0. The molecule has 0 radical (unpaired) electrons. The van der Waals surface area contributed by atoms with Gasteiger partial charge >= 0.3 is 12.2 Å². The summed E-state index contributed by atoms with van der Waals surface area (Å²) in [5, 5.41) is 33.8. The Labute approximate surface area is 266 Å². The molecule has 15 heteroatoms. The number of rotatable bonds is 16. The summed E-state index contributed by atoms with van der Waals surface area (Å²) in [7, 11) is -2.77. The van der Waals surface area contributed by atoms with E-state index in [-0.39, 0.29) is 42.3 Å². The molecular formula is C31H37N3O11S. The van der Waals surface area contributed by atoms with E-state index in [0.29, 0.717) is 5.75 Å². The minimum atomic E-state index is -4.22. The van der Waals surface area contributed by atoms with Crippen LogP contribution >= 0.6 is 0 Å². The highest BCUT2D eigenvalue weighted by atomic mass is 32.2. The summed E-state index contributed by atoms with van der Waals surface area (Å²) in [6.07, 6.45) is -3.57. The van der Waals surface area contributed by atoms with E-state index in [0.717, 1.165) is 9.87 Å². The Morgan fingerprint density at radius 2 is 1.61 bits per heavy atom. The molecule has 0 saturated heterocycles. The van der Waals surface area contributed by atoms with Crippen molar-refractivity contribution in [1.29, 1.82) is 0 Å². The number of hydrogen-bond donors (Lipinski definition) is 3. The maximum absolute atomic E-state index is 13.9. The molecule has 0 heterocycles. The molecule has 14 nitrogen and oxygen atoms in total. The maximum atomic E-state index is 13.9. The number of carboxylic acid groups (broad SMARTS) is 1. The van der Waals surface area contributed by atoms with Gasteiger partial charge in [-0.2, -0.15) is 4.31 Å². The zero-order chi connectivity index (χ0) is 33.9. The monoisotopic (exact) mass is 659 g/mol. The van der Waals surface area contributed by atoms with Crippen LogP contribution in [0.25, 0.3) is 0 Å². The number of non-ortho nitro benzene ring substituents is 1. The van der Waals surface area contributed by atoms with E-state index in [1.54, 1.807) is 44.2 Å². The van der Waals surface area contributed by atoms with E-state index in [2.05, 4.69) is 5.32 Å². The lowest BCUT2D eigenvalue weighted by Gasteiger charge is -2.34. The first kappa shape index (κ1) is 35.7. The standard InChI is InChI=1S/C31H37N3O11S/c1-31(2,17-18-44-30(38)45-25-11-9-23(10-12-25)34(39)40)21-33(46(41,42)26-15-13-24(43-3)14-16-26)20-28(35)27(32-29(36)37)19-22-7-5-4-6-8-22/h4-16,27-28,32,35H,17-21H2,1-3H3,(H,36,37)/t27-,28+/m0/s1. The van der Waals surface area contributed by atoms with Gasteiger partial charge in [0.15, 0.2) is 0 Å². The average Bonchev–Trinajstić information content (AvgIpc) is 3.00. The van der Waals surface area contributed by atoms with Crippen LogP contribution in [0.3, 0.4) is 0 Å². The Bertz CT molecular complexity index is 1570. The minimum Gasteiger partial charge on any atom is -0.497 e. The largest absolute Gasteiger partial charge is 0.513 e. The van der Waals surface area contributed by atoms with Crippen LogP contribution in [0.15, 0.2) is 83.8 Å². The number of methoxy groups -OCH3 is 1. The van der Waals surface area contributed by atoms with Gasteiger partial charge in [0.2, 0.25) is 10.0 Å². The van der Waals surface area contributed by atoms with Gasteiger partial charge in [0.25, 0.3) is 5.69 Å². The van der Waals surface area contributed by atoms with Gasteiger partial charge in [-0.25, -0.2) is 18.0 Å². The van der Waals surface area contributed by atoms with Gasteiger partial charge in [-0.15, -0.1) is 0 Å². The molecule has 3 aromatic rings. The number of sulfonamides is 1. The van der Waals surface area contributed by atoms with Crippen molar-refractivity contribution < 1.29 is 47.4 Å². The second-order valence-electron chi connectivity index (χ2n) is 11.2. The highest BCUT2D eigenvalue weighted by Crippen LogP contribution is 2.28. The minimum absolute atomic E-state index is 0.0423. The predicted octanol–water partition coefficient (Wildman–Crippen LogP) is 4.47. The number of benzene rings is 3. The highest BCUT2D eigenvalue weighted by Gasteiger charge is 2.35. The van der Waals surface area contributed by atoms with Crippen LogP contribution in [0.4, 0.5) is 15.3 Å². The maximum Gasteiger partial charge on any atom is 0.513 e. The lowest BCUT2D eigenvalue weighted by molar-refractivity contribution is -0.384. The quantitative estimate of drug-likeness (QED) is 0.0850. The number of ether oxygens (including phenoxy) is 3. The Morgan fingerprint density at radius 1 is 1.00 bits per heavy atom. The van der Waals surface area contributed by atoms with Crippen LogP contribution in [0.5, 0.6) is 11.5 Å². The zero-order valence-corrected chi connectivity index (χ0v) is 26.4. The van der Waals surface area contributed by atoms with Gasteiger partial charge in [-0.05, 0) is 60.2 Å². The molecule has 3 aromatic carbocycles. The van der Waals surface area contributed by atoms with Gasteiger partial charge in [0.1, 0.15) is 11.5 Å². The van der Waals surface area contributed by atoms with Gasteiger partial charge in [-0.1, -0.05) is 44.2 Å². The van der Waals surface area contributed by atoms with Gasteiger partial charge in [0.05, 0.1) is 35.7 Å². The number of nitrogens with one attached hydrogen (secondary N) is 1. The third-order valence-corrected chi connectivity index (χ3v) is 8.84. The zero-order valence-electron chi connectivity index (χ0n) is 25.6. The van der Waals surface area contributed by atoms with E-state index in [9.17, 15) is 38.3 Å². The number of aliphatic hydroxyl groups is 1. The topological polar surface area (TPSA) is 195 Å². The molecule has 1 amide bonds. The summed E-state index contributed by atoms with van der Waals surface area (Å²) in [6.45, 7) is 2.76. The van der Waals surface area contributed by atoms with Crippen molar-refractivity contribution in [2.45, 2.75) is 43.7 Å². The second kappa shape index (κ2) is 16.0. The summed E-state index contributed by atoms with van der Waals surface area (Å²) in [5.41, 5.74) is -0.253. The van der Waals surface area contributed by atoms with Crippen molar-refractivity contribution in [1.82, 2.24) is 9.62 Å². The summed E-state index contributed by atoms with van der Waals surface area (Å²) in [5.74, 6) is 0.484. The molecule has 2 atom stereocenters. The van der Waals surface area contributed by atoms with Crippen LogP contribution in [-0.4, -0.2) is 79.1 Å². The van der Waals surface area contributed by atoms with Gasteiger partial charge in [0, 0.05) is 25.2 Å². The number of nitro groups is 1. The van der Waals surface area contributed by atoms with Crippen molar-refractivity contribution in [3.63, 3.8) is 0 Å². The van der Waals surface area contributed by atoms with E-state index < -0.39 is 51.3 Å². The fourth-order valence-corrected chi connectivity index (χ4v) is 6.17. The van der Waals surface area contributed by atoms with E-state index in [1.807, 2.05) is 0 Å². The van der Waals surface area contributed by atoms with E-state index in [4.69, 9.17) is 14.2 Å². The summed E-state index contributed by atoms with van der Waals surface area (Å²) in [6, 6.07) is 18.4. The van der Waals surface area contributed by atoms with E-state index >= 15 is 0 Å². The Balaban J connectivity index is 1.76. The first-order chi connectivity index (χ1) is 21.7. The third kappa shape index (κ3) is 10.7. The molecule has 0 aliphatic rings. The number of amides is 1.